The molecule has 1 unspecified atom stereocenters. The number of phenolic OH excluding ortho intramolecular Hbond substituents is 1. The molecule has 2 aromatic carbocycles. The zero-order valence-corrected chi connectivity index (χ0v) is 14.4. The summed E-state index contributed by atoms with van der Waals surface area (Å²) in [6, 6.07) is 8.73. The largest absolute Gasteiger partial charge is 0.508 e. The quantitative estimate of drug-likeness (QED) is 0.651. The summed E-state index contributed by atoms with van der Waals surface area (Å²) < 4.78 is 50.9. The van der Waals surface area contributed by atoms with Crippen molar-refractivity contribution in [3.8, 4) is 16.9 Å². The normalized spacial score (nSPS) is 16.2. The number of benzene rings is 2. The number of fused-ring (bicyclic) bond motifs is 1. The summed E-state index contributed by atoms with van der Waals surface area (Å²) in [5.74, 6) is -1.71. The number of carbonyl (C=O) groups is 1. The maximum Gasteiger partial charge on any atom is 0.450 e. The van der Waals surface area contributed by atoms with E-state index in [1.807, 2.05) is 0 Å². The molecule has 1 aromatic heterocycles. The lowest BCUT2D eigenvalue weighted by atomic mass is 10.0. The molecule has 3 aromatic rings. The Morgan fingerprint density at radius 3 is 2.41 bits per heavy atom. The standard InChI is InChI=1S/C19H11F3N2O5/c20-19(21,22)17-15(16(27)12-6-5-11(26)7-13(12)28-17)9-1-3-10(4-2-9)18-24-23-14(8-25)29-18/h1-8,14,23,26H. The molecular formula is C19H11F3N2O5. The highest BCUT2D eigenvalue weighted by Gasteiger charge is 2.39. The first kappa shape index (κ1) is 18.5. The lowest BCUT2D eigenvalue weighted by Crippen LogP contribution is -2.23. The molecule has 4 rings (SSSR count). The van der Waals surface area contributed by atoms with E-state index in [0.29, 0.717) is 11.8 Å². The molecule has 148 valence electrons. The molecule has 0 bridgehead atoms. The van der Waals surface area contributed by atoms with Crippen LogP contribution in [0.2, 0.25) is 0 Å². The summed E-state index contributed by atoms with van der Waals surface area (Å²) in [6.07, 6.45) is -5.38. The van der Waals surface area contributed by atoms with Gasteiger partial charge in [0.25, 0.3) is 0 Å². The number of alkyl halides is 3. The summed E-state index contributed by atoms with van der Waals surface area (Å²) >= 11 is 0. The molecule has 7 nitrogen and oxygen atoms in total. The number of aldehydes is 1. The summed E-state index contributed by atoms with van der Waals surface area (Å²) in [6.45, 7) is 0. The monoisotopic (exact) mass is 404 g/mol. The predicted molar refractivity (Wildman–Crippen MR) is 95.2 cm³/mol. The average molecular weight is 404 g/mol. The van der Waals surface area contributed by atoms with Crippen LogP contribution in [0.4, 0.5) is 13.2 Å². The Labute approximate surface area is 160 Å². The third-order valence-electron chi connectivity index (χ3n) is 4.21. The van der Waals surface area contributed by atoms with Crippen molar-refractivity contribution in [2.24, 2.45) is 5.10 Å². The van der Waals surface area contributed by atoms with Crippen molar-refractivity contribution in [3.63, 3.8) is 0 Å². The minimum atomic E-state index is -4.94. The van der Waals surface area contributed by atoms with Gasteiger partial charge in [0.1, 0.15) is 11.3 Å². The number of hydrogen-bond acceptors (Lipinski definition) is 7. The van der Waals surface area contributed by atoms with E-state index in [1.54, 1.807) is 0 Å². The van der Waals surface area contributed by atoms with Crippen LogP contribution in [0.25, 0.3) is 22.1 Å². The molecular weight excluding hydrogens is 393 g/mol. The summed E-state index contributed by atoms with van der Waals surface area (Å²) in [4.78, 5) is 23.5. The van der Waals surface area contributed by atoms with Gasteiger partial charge in [-0.2, -0.15) is 13.2 Å². The Hall–Kier alpha value is -3.82. The van der Waals surface area contributed by atoms with E-state index in [-0.39, 0.29) is 28.2 Å². The number of ether oxygens (including phenoxy) is 1. The minimum absolute atomic E-state index is 0.0247. The Morgan fingerprint density at radius 2 is 1.79 bits per heavy atom. The fourth-order valence-electron chi connectivity index (χ4n) is 2.91. The summed E-state index contributed by atoms with van der Waals surface area (Å²) in [7, 11) is 0. The Kier molecular flexibility index (Phi) is 4.26. The van der Waals surface area contributed by atoms with Crippen molar-refractivity contribution in [3.05, 3.63) is 64.0 Å². The molecule has 10 heteroatoms. The maximum atomic E-state index is 13.6. The summed E-state index contributed by atoms with van der Waals surface area (Å²) in [5.41, 5.74) is 0.889. The SMILES string of the molecule is O=CC1NN=C(c2ccc(-c3c(C(F)(F)F)oc4cc(O)ccc4c3=O)cc2)O1. The number of hydrogen-bond donors (Lipinski definition) is 2. The maximum absolute atomic E-state index is 13.6. The van der Waals surface area contributed by atoms with E-state index in [4.69, 9.17) is 9.15 Å². The molecule has 0 spiro atoms. The number of carbonyl (C=O) groups excluding carboxylic acids is 1. The molecule has 1 atom stereocenters. The van der Waals surface area contributed by atoms with Crippen molar-refractivity contribution < 1.29 is 32.2 Å². The molecule has 1 aliphatic heterocycles. The van der Waals surface area contributed by atoms with Crippen LogP contribution < -0.4 is 10.9 Å². The third-order valence-corrected chi connectivity index (χ3v) is 4.21. The Bertz CT molecular complexity index is 1200. The van der Waals surface area contributed by atoms with Crippen LogP contribution in [0.1, 0.15) is 11.3 Å². The van der Waals surface area contributed by atoms with E-state index in [0.717, 1.165) is 6.07 Å². The molecule has 0 aliphatic carbocycles. The van der Waals surface area contributed by atoms with Crippen LogP contribution in [-0.2, 0) is 15.7 Å². The first-order valence-corrected chi connectivity index (χ1v) is 8.21. The predicted octanol–water partition coefficient (Wildman–Crippen LogP) is 2.99. The molecule has 0 saturated heterocycles. The molecule has 29 heavy (non-hydrogen) atoms. The number of nitrogens with zero attached hydrogens (tertiary/aromatic N) is 1. The van der Waals surface area contributed by atoms with Crippen LogP contribution in [0.5, 0.6) is 5.75 Å². The third kappa shape index (κ3) is 3.28. The van der Waals surface area contributed by atoms with Crippen LogP contribution >= 0.6 is 0 Å². The van der Waals surface area contributed by atoms with E-state index in [2.05, 4.69) is 10.5 Å². The van der Waals surface area contributed by atoms with Gasteiger partial charge < -0.3 is 14.3 Å². The first-order valence-electron chi connectivity index (χ1n) is 8.21. The van der Waals surface area contributed by atoms with Gasteiger partial charge in [-0.15, -0.1) is 5.10 Å². The van der Waals surface area contributed by atoms with Crippen molar-refractivity contribution in [2.45, 2.75) is 12.4 Å². The smallest absolute Gasteiger partial charge is 0.450 e. The second-order valence-corrected chi connectivity index (χ2v) is 6.11. The zero-order chi connectivity index (χ0) is 20.8. The van der Waals surface area contributed by atoms with Gasteiger partial charge in [-0.25, -0.2) is 0 Å². The van der Waals surface area contributed by atoms with E-state index < -0.39 is 29.2 Å². The molecule has 0 fully saturated rings. The lowest BCUT2D eigenvalue weighted by molar-refractivity contribution is -0.152. The number of phenols is 1. The lowest BCUT2D eigenvalue weighted by Gasteiger charge is -2.13. The van der Waals surface area contributed by atoms with Crippen molar-refractivity contribution in [1.29, 1.82) is 0 Å². The topological polar surface area (TPSA) is 101 Å². The van der Waals surface area contributed by atoms with Crippen LogP contribution in [0.3, 0.4) is 0 Å². The number of halogens is 3. The van der Waals surface area contributed by atoms with Gasteiger partial charge in [-0.3, -0.25) is 15.0 Å². The Morgan fingerprint density at radius 1 is 1.10 bits per heavy atom. The van der Waals surface area contributed by atoms with Gasteiger partial charge >= 0.3 is 6.18 Å². The fourth-order valence-corrected chi connectivity index (χ4v) is 2.91. The average Bonchev–Trinajstić information content (AvgIpc) is 3.16. The Balaban J connectivity index is 1.85. The highest BCUT2D eigenvalue weighted by Crippen LogP contribution is 2.37. The van der Waals surface area contributed by atoms with Gasteiger partial charge in [-0.05, 0) is 29.8 Å². The second-order valence-electron chi connectivity index (χ2n) is 6.11. The zero-order valence-electron chi connectivity index (χ0n) is 14.4. The van der Waals surface area contributed by atoms with Crippen LogP contribution in [0, 0.1) is 0 Å². The van der Waals surface area contributed by atoms with Crippen LogP contribution in [-0.4, -0.2) is 23.5 Å². The molecule has 0 saturated carbocycles. The van der Waals surface area contributed by atoms with E-state index >= 15 is 0 Å². The van der Waals surface area contributed by atoms with Gasteiger partial charge in [0.05, 0.1) is 10.9 Å². The number of hydrazone groups is 1. The number of nitrogens with one attached hydrogen (secondary N) is 1. The van der Waals surface area contributed by atoms with E-state index in [9.17, 15) is 27.9 Å². The van der Waals surface area contributed by atoms with Crippen molar-refractivity contribution in [1.82, 2.24) is 5.43 Å². The first-order chi connectivity index (χ1) is 13.8. The molecule has 0 radical (unpaired) electrons. The van der Waals surface area contributed by atoms with Gasteiger partial charge in [0.2, 0.25) is 23.3 Å². The van der Waals surface area contributed by atoms with E-state index in [1.165, 1.54) is 36.4 Å². The minimum Gasteiger partial charge on any atom is -0.508 e. The highest BCUT2D eigenvalue weighted by molar-refractivity contribution is 5.96. The van der Waals surface area contributed by atoms with Crippen molar-refractivity contribution in [2.75, 3.05) is 0 Å². The molecule has 1 aliphatic rings. The molecule has 2 N–H and O–H groups in total. The number of rotatable bonds is 3. The highest BCUT2D eigenvalue weighted by atomic mass is 19.4. The fraction of sp³-hybridized carbons (Fsp3) is 0.105. The van der Waals surface area contributed by atoms with Crippen molar-refractivity contribution >= 4 is 23.2 Å². The van der Waals surface area contributed by atoms with Gasteiger partial charge in [-0.1, -0.05) is 12.1 Å². The van der Waals surface area contributed by atoms with Crippen LogP contribution in [0.15, 0.2) is 56.8 Å². The van der Waals surface area contributed by atoms with Gasteiger partial charge in [0, 0.05) is 11.6 Å². The molecule has 2 heterocycles. The summed E-state index contributed by atoms with van der Waals surface area (Å²) in [5, 5.41) is 13.2. The number of aromatic hydroxyl groups is 1. The molecule has 0 amide bonds. The second kappa shape index (κ2) is 6.66. The van der Waals surface area contributed by atoms with Gasteiger partial charge in [0.15, 0.2) is 6.29 Å².